The van der Waals surface area contributed by atoms with E-state index in [1.807, 2.05) is 6.07 Å². The number of hydrogen-bond donors (Lipinski definition) is 1. The summed E-state index contributed by atoms with van der Waals surface area (Å²) in [6.07, 6.45) is 3.41. The molecule has 1 saturated heterocycles. The molecule has 0 unspecified atom stereocenters. The van der Waals surface area contributed by atoms with Gasteiger partial charge < -0.3 is 14.8 Å². The molecule has 0 spiro atoms. The van der Waals surface area contributed by atoms with Crippen LogP contribution >= 0.6 is 0 Å². The van der Waals surface area contributed by atoms with E-state index in [1.54, 1.807) is 73.5 Å². The first-order valence-corrected chi connectivity index (χ1v) is 10.4. The van der Waals surface area contributed by atoms with E-state index in [0.717, 1.165) is 12.0 Å². The number of amides is 2. The molecule has 170 valence electrons. The van der Waals surface area contributed by atoms with E-state index in [9.17, 15) is 14.4 Å². The maximum atomic E-state index is 12.7. The standard InChI is InChI=1S/C23H28N4O5/c1-23(2,3)32-22(30)25-15-20(28)27-13-5-12-26(27)19-7-4-6-18(14-19)21(29)31-16-17-8-10-24-11-9-17/h4,6-11,14H,5,12-13,15-16H2,1-3H3,(H,25,30). The molecule has 1 aliphatic heterocycles. The minimum absolute atomic E-state index is 0.149. The first-order valence-electron chi connectivity index (χ1n) is 10.4. The molecule has 2 amide bonds. The number of rotatable bonds is 6. The van der Waals surface area contributed by atoms with Gasteiger partial charge in [0.05, 0.1) is 11.3 Å². The summed E-state index contributed by atoms with van der Waals surface area (Å²) in [6.45, 7) is 6.37. The summed E-state index contributed by atoms with van der Waals surface area (Å²) in [5.74, 6) is -0.716. The topological polar surface area (TPSA) is 101 Å². The van der Waals surface area contributed by atoms with E-state index in [2.05, 4.69) is 10.3 Å². The first-order chi connectivity index (χ1) is 15.2. The Balaban J connectivity index is 1.61. The molecule has 0 radical (unpaired) electrons. The predicted molar refractivity (Wildman–Crippen MR) is 118 cm³/mol. The third kappa shape index (κ3) is 6.44. The molecule has 2 heterocycles. The molecule has 9 nitrogen and oxygen atoms in total. The lowest BCUT2D eigenvalue weighted by Crippen LogP contribution is -2.47. The molecule has 1 N–H and O–H groups in total. The lowest BCUT2D eigenvalue weighted by molar-refractivity contribution is -0.129. The van der Waals surface area contributed by atoms with Gasteiger partial charge in [0.1, 0.15) is 18.8 Å². The number of carbonyl (C=O) groups excluding carboxylic acids is 3. The maximum absolute atomic E-state index is 12.7. The SMILES string of the molecule is CC(C)(C)OC(=O)NCC(=O)N1CCCN1c1cccc(C(=O)OCc2ccncc2)c1. The lowest BCUT2D eigenvalue weighted by atomic mass is 10.2. The second-order valence-electron chi connectivity index (χ2n) is 8.33. The second kappa shape index (κ2) is 10.1. The van der Waals surface area contributed by atoms with E-state index >= 15 is 0 Å². The molecule has 0 aliphatic carbocycles. The van der Waals surface area contributed by atoms with Gasteiger partial charge in [-0.05, 0) is 63.1 Å². The molecule has 1 aliphatic rings. The van der Waals surface area contributed by atoms with Crippen molar-refractivity contribution >= 4 is 23.7 Å². The summed E-state index contributed by atoms with van der Waals surface area (Å²) in [7, 11) is 0. The fourth-order valence-electron chi connectivity index (χ4n) is 3.20. The summed E-state index contributed by atoms with van der Waals surface area (Å²) in [5.41, 5.74) is 1.30. The quantitative estimate of drug-likeness (QED) is 0.689. The van der Waals surface area contributed by atoms with Crippen LogP contribution in [-0.4, -0.2) is 53.2 Å². The Morgan fingerprint density at radius 1 is 1.09 bits per heavy atom. The highest BCUT2D eigenvalue weighted by Gasteiger charge is 2.28. The summed E-state index contributed by atoms with van der Waals surface area (Å²) in [6, 6.07) is 10.5. The van der Waals surface area contributed by atoms with Gasteiger partial charge >= 0.3 is 12.1 Å². The van der Waals surface area contributed by atoms with E-state index in [0.29, 0.717) is 24.3 Å². The monoisotopic (exact) mass is 440 g/mol. The van der Waals surface area contributed by atoms with Crippen LogP contribution < -0.4 is 10.3 Å². The highest BCUT2D eigenvalue weighted by molar-refractivity contribution is 5.91. The molecular formula is C23H28N4O5. The van der Waals surface area contributed by atoms with Crippen molar-refractivity contribution in [3.05, 3.63) is 59.9 Å². The molecule has 1 aromatic heterocycles. The van der Waals surface area contributed by atoms with Gasteiger partial charge in [-0.15, -0.1) is 0 Å². The normalized spacial score (nSPS) is 13.6. The average molecular weight is 441 g/mol. The molecule has 0 atom stereocenters. The molecular weight excluding hydrogens is 412 g/mol. The smallest absolute Gasteiger partial charge is 0.408 e. The zero-order valence-corrected chi connectivity index (χ0v) is 18.5. The summed E-state index contributed by atoms with van der Waals surface area (Å²) in [5, 5.41) is 5.86. The fraction of sp³-hybridized carbons (Fsp3) is 0.391. The van der Waals surface area contributed by atoms with Crippen molar-refractivity contribution in [1.29, 1.82) is 0 Å². The summed E-state index contributed by atoms with van der Waals surface area (Å²) < 4.78 is 10.6. The lowest BCUT2D eigenvalue weighted by Gasteiger charge is -2.30. The molecule has 1 fully saturated rings. The van der Waals surface area contributed by atoms with Crippen molar-refractivity contribution in [2.75, 3.05) is 24.6 Å². The molecule has 2 aromatic rings. The molecule has 32 heavy (non-hydrogen) atoms. The Labute approximate surface area is 187 Å². The number of nitrogens with one attached hydrogen (secondary N) is 1. The van der Waals surface area contributed by atoms with Crippen molar-refractivity contribution in [3.8, 4) is 0 Å². The highest BCUT2D eigenvalue weighted by atomic mass is 16.6. The van der Waals surface area contributed by atoms with Crippen LogP contribution in [-0.2, 0) is 20.9 Å². The van der Waals surface area contributed by atoms with Crippen molar-refractivity contribution in [1.82, 2.24) is 15.3 Å². The third-order valence-electron chi connectivity index (χ3n) is 4.60. The molecule has 3 rings (SSSR count). The van der Waals surface area contributed by atoms with Gasteiger partial charge in [0.25, 0.3) is 5.91 Å². The van der Waals surface area contributed by atoms with Crippen LogP contribution in [0.4, 0.5) is 10.5 Å². The van der Waals surface area contributed by atoms with E-state index in [4.69, 9.17) is 9.47 Å². The minimum Gasteiger partial charge on any atom is -0.457 e. The van der Waals surface area contributed by atoms with Gasteiger partial charge in [0, 0.05) is 25.5 Å². The van der Waals surface area contributed by atoms with E-state index in [1.165, 1.54) is 0 Å². The minimum atomic E-state index is -0.643. The number of alkyl carbamates (subject to hydrolysis) is 1. The largest absolute Gasteiger partial charge is 0.457 e. The van der Waals surface area contributed by atoms with Crippen LogP contribution in [0.25, 0.3) is 0 Å². The summed E-state index contributed by atoms with van der Waals surface area (Å²) in [4.78, 5) is 41.0. The highest BCUT2D eigenvalue weighted by Crippen LogP contribution is 2.23. The van der Waals surface area contributed by atoms with Crippen LogP contribution in [0.5, 0.6) is 0 Å². The first kappa shape index (κ1) is 23.1. The van der Waals surface area contributed by atoms with Gasteiger partial charge in [-0.25, -0.2) is 9.59 Å². The van der Waals surface area contributed by atoms with Crippen LogP contribution in [0.15, 0.2) is 48.8 Å². The number of hydrazine groups is 1. The number of aromatic nitrogens is 1. The Hall–Kier alpha value is -3.62. The zero-order valence-electron chi connectivity index (χ0n) is 18.5. The number of carbonyl (C=O) groups is 3. The van der Waals surface area contributed by atoms with E-state index in [-0.39, 0.29) is 19.1 Å². The molecule has 0 saturated carbocycles. The number of ether oxygens (including phenoxy) is 2. The number of benzene rings is 1. The number of hydrogen-bond acceptors (Lipinski definition) is 7. The van der Waals surface area contributed by atoms with Crippen LogP contribution in [0.1, 0.15) is 43.1 Å². The maximum Gasteiger partial charge on any atom is 0.408 e. The van der Waals surface area contributed by atoms with Crippen molar-refractivity contribution < 1.29 is 23.9 Å². The van der Waals surface area contributed by atoms with Crippen molar-refractivity contribution in [2.24, 2.45) is 0 Å². The zero-order chi connectivity index (χ0) is 23.1. The van der Waals surface area contributed by atoms with Gasteiger partial charge in [-0.3, -0.25) is 19.8 Å². The van der Waals surface area contributed by atoms with Gasteiger partial charge in [-0.1, -0.05) is 6.07 Å². The van der Waals surface area contributed by atoms with Crippen molar-refractivity contribution in [3.63, 3.8) is 0 Å². The Kier molecular flexibility index (Phi) is 7.29. The number of pyridine rings is 1. The van der Waals surface area contributed by atoms with E-state index < -0.39 is 17.7 Å². The van der Waals surface area contributed by atoms with Gasteiger partial charge in [0.15, 0.2) is 0 Å². The Bertz CT molecular complexity index is 958. The van der Waals surface area contributed by atoms with Crippen LogP contribution in [0, 0.1) is 0 Å². The molecule has 0 bridgehead atoms. The Morgan fingerprint density at radius 2 is 1.84 bits per heavy atom. The van der Waals surface area contributed by atoms with Crippen LogP contribution in [0.3, 0.4) is 0 Å². The van der Waals surface area contributed by atoms with Gasteiger partial charge in [0.2, 0.25) is 0 Å². The average Bonchev–Trinajstić information content (AvgIpc) is 3.25. The summed E-state index contributed by atoms with van der Waals surface area (Å²) >= 11 is 0. The van der Waals surface area contributed by atoms with Crippen LogP contribution in [0.2, 0.25) is 0 Å². The number of esters is 1. The van der Waals surface area contributed by atoms with Gasteiger partial charge in [-0.2, -0.15) is 0 Å². The number of anilines is 1. The molecule has 9 heteroatoms. The van der Waals surface area contributed by atoms with Crippen molar-refractivity contribution in [2.45, 2.75) is 39.4 Å². The molecule has 1 aromatic carbocycles. The second-order valence-corrected chi connectivity index (χ2v) is 8.33. The predicted octanol–water partition coefficient (Wildman–Crippen LogP) is 2.92. The fourth-order valence-corrected chi connectivity index (χ4v) is 3.20. The Morgan fingerprint density at radius 3 is 2.56 bits per heavy atom. The third-order valence-corrected chi connectivity index (χ3v) is 4.60. The number of nitrogens with zero attached hydrogens (tertiary/aromatic N) is 3.